The van der Waals surface area contributed by atoms with E-state index >= 15 is 0 Å². The number of rotatable bonds is 6. The van der Waals surface area contributed by atoms with Crippen molar-refractivity contribution in [1.82, 2.24) is 25.2 Å². The lowest BCUT2D eigenvalue weighted by atomic mass is 10.1. The third-order valence-corrected chi connectivity index (χ3v) is 4.27. The molecule has 2 N–H and O–H groups in total. The molecule has 3 rings (SSSR count). The molecule has 0 spiro atoms. The van der Waals surface area contributed by atoms with E-state index in [0.29, 0.717) is 18.1 Å². The molecule has 0 aliphatic carbocycles. The SMILES string of the molecule is CN=C(NCCCc1nnc2ccccn12)NC(C)c1ccc(F)c(F)c1. The van der Waals surface area contributed by atoms with Gasteiger partial charge in [0.25, 0.3) is 0 Å². The minimum Gasteiger partial charge on any atom is -0.356 e. The van der Waals surface area contributed by atoms with Gasteiger partial charge in [0, 0.05) is 26.2 Å². The van der Waals surface area contributed by atoms with Crippen molar-refractivity contribution in [2.24, 2.45) is 4.99 Å². The Morgan fingerprint density at radius 3 is 2.81 bits per heavy atom. The van der Waals surface area contributed by atoms with Crippen molar-refractivity contribution in [1.29, 1.82) is 0 Å². The van der Waals surface area contributed by atoms with Crippen LogP contribution in [-0.4, -0.2) is 34.2 Å². The first-order valence-corrected chi connectivity index (χ1v) is 8.79. The number of nitrogens with zero attached hydrogens (tertiary/aromatic N) is 4. The minimum atomic E-state index is -0.857. The highest BCUT2D eigenvalue weighted by molar-refractivity contribution is 5.80. The highest BCUT2D eigenvalue weighted by Gasteiger charge is 2.11. The summed E-state index contributed by atoms with van der Waals surface area (Å²) in [5.41, 5.74) is 1.48. The van der Waals surface area contributed by atoms with Crippen LogP contribution in [0.5, 0.6) is 0 Å². The first-order valence-electron chi connectivity index (χ1n) is 8.79. The van der Waals surface area contributed by atoms with Crippen molar-refractivity contribution < 1.29 is 8.78 Å². The number of hydrogen-bond acceptors (Lipinski definition) is 3. The molecule has 0 aliphatic heterocycles. The zero-order chi connectivity index (χ0) is 19.2. The monoisotopic (exact) mass is 372 g/mol. The molecule has 0 saturated carbocycles. The fourth-order valence-corrected chi connectivity index (χ4v) is 2.78. The quantitative estimate of drug-likeness (QED) is 0.397. The van der Waals surface area contributed by atoms with Gasteiger partial charge >= 0.3 is 0 Å². The molecule has 142 valence electrons. The zero-order valence-corrected chi connectivity index (χ0v) is 15.3. The molecule has 1 aromatic carbocycles. The molecule has 0 bridgehead atoms. The standard InChI is InChI=1S/C19H22F2N6/c1-13(14-8-9-15(20)16(21)12-14)24-19(22-2)23-10-5-7-18-26-25-17-6-3-4-11-27(17)18/h3-4,6,8-9,11-13H,5,7,10H2,1-2H3,(H2,22,23,24). The first kappa shape index (κ1) is 18.8. The number of hydrogen-bond donors (Lipinski definition) is 2. The molecule has 1 unspecified atom stereocenters. The fraction of sp³-hybridized carbons (Fsp3) is 0.316. The Kier molecular flexibility index (Phi) is 5.95. The van der Waals surface area contributed by atoms with Gasteiger partial charge in [0.1, 0.15) is 5.82 Å². The van der Waals surface area contributed by atoms with Gasteiger partial charge in [0.05, 0.1) is 6.04 Å². The van der Waals surface area contributed by atoms with Crippen molar-refractivity contribution in [2.45, 2.75) is 25.8 Å². The number of aliphatic imine (C=N–C) groups is 1. The maximum Gasteiger partial charge on any atom is 0.191 e. The number of halogens is 2. The third-order valence-electron chi connectivity index (χ3n) is 4.27. The molecule has 2 aromatic heterocycles. The Morgan fingerprint density at radius 1 is 1.19 bits per heavy atom. The molecular weight excluding hydrogens is 350 g/mol. The number of nitrogens with one attached hydrogen (secondary N) is 2. The molecule has 0 amide bonds. The van der Waals surface area contributed by atoms with Gasteiger partial charge in [-0.05, 0) is 43.2 Å². The second-order valence-electron chi connectivity index (χ2n) is 6.19. The lowest BCUT2D eigenvalue weighted by molar-refractivity contribution is 0.504. The van der Waals surface area contributed by atoms with E-state index in [1.165, 1.54) is 6.07 Å². The Balaban J connectivity index is 1.49. The number of guanidine groups is 1. The fourth-order valence-electron chi connectivity index (χ4n) is 2.78. The average molecular weight is 372 g/mol. The van der Waals surface area contributed by atoms with E-state index in [1.807, 2.05) is 35.7 Å². The van der Waals surface area contributed by atoms with E-state index in [1.54, 1.807) is 13.1 Å². The Labute approximate surface area is 156 Å². The van der Waals surface area contributed by atoms with Crippen molar-refractivity contribution in [3.05, 3.63) is 65.6 Å². The van der Waals surface area contributed by atoms with Gasteiger partial charge < -0.3 is 10.6 Å². The van der Waals surface area contributed by atoms with Crippen LogP contribution in [0.15, 0.2) is 47.6 Å². The van der Waals surface area contributed by atoms with Gasteiger partial charge in [-0.15, -0.1) is 10.2 Å². The summed E-state index contributed by atoms with van der Waals surface area (Å²) in [7, 11) is 1.67. The summed E-state index contributed by atoms with van der Waals surface area (Å²) >= 11 is 0. The van der Waals surface area contributed by atoms with Crippen LogP contribution >= 0.6 is 0 Å². The smallest absolute Gasteiger partial charge is 0.191 e. The van der Waals surface area contributed by atoms with Gasteiger partial charge in [-0.25, -0.2) is 8.78 Å². The van der Waals surface area contributed by atoms with E-state index in [4.69, 9.17) is 0 Å². The summed E-state index contributed by atoms with van der Waals surface area (Å²) in [6, 6.07) is 9.45. The number of aromatic nitrogens is 3. The number of aryl methyl sites for hydroxylation is 1. The molecule has 0 aliphatic rings. The van der Waals surface area contributed by atoms with Crippen molar-refractivity contribution >= 4 is 11.6 Å². The lowest BCUT2D eigenvalue weighted by Gasteiger charge is -2.18. The molecule has 8 heteroatoms. The maximum atomic E-state index is 13.4. The van der Waals surface area contributed by atoms with E-state index in [-0.39, 0.29) is 6.04 Å². The number of benzene rings is 1. The predicted octanol–water partition coefficient (Wildman–Crippen LogP) is 2.87. The van der Waals surface area contributed by atoms with Crippen LogP contribution in [-0.2, 0) is 6.42 Å². The Morgan fingerprint density at radius 2 is 2.04 bits per heavy atom. The summed E-state index contributed by atoms with van der Waals surface area (Å²) in [5, 5.41) is 14.7. The summed E-state index contributed by atoms with van der Waals surface area (Å²) in [6.45, 7) is 2.55. The third kappa shape index (κ3) is 4.58. The molecule has 0 radical (unpaired) electrons. The van der Waals surface area contributed by atoms with Crippen LogP contribution in [0.2, 0.25) is 0 Å². The summed E-state index contributed by atoms with van der Waals surface area (Å²) in [5.74, 6) is -0.206. The molecule has 2 heterocycles. The molecule has 0 saturated heterocycles. The summed E-state index contributed by atoms with van der Waals surface area (Å²) in [4.78, 5) is 4.17. The highest BCUT2D eigenvalue weighted by atomic mass is 19.2. The molecule has 1 atom stereocenters. The van der Waals surface area contributed by atoms with Crippen molar-refractivity contribution in [3.8, 4) is 0 Å². The topological polar surface area (TPSA) is 66.6 Å². The summed E-state index contributed by atoms with van der Waals surface area (Å²) in [6.07, 6.45) is 3.56. The lowest BCUT2D eigenvalue weighted by Crippen LogP contribution is -2.39. The van der Waals surface area contributed by atoms with Crippen LogP contribution in [0.1, 0.15) is 30.8 Å². The van der Waals surface area contributed by atoms with Crippen molar-refractivity contribution in [2.75, 3.05) is 13.6 Å². The molecule has 3 aromatic rings. The zero-order valence-electron chi connectivity index (χ0n) is 15.3. The number of fused-ring (bicyclic) bond motifs is 1. The second kappa shape index (κ2) is 8.57. The van der Waals surface area contributed by atoms with Gasteiger partial charge in [-0.2, -0.15) is 0 Å². The van der Waals surface area contributed by atoms with Crippen molar-refractivity contribution in [3.63, 3.8) is 0 Å². The van der Waals surface area contributed by atoms with Crippen LogP contribution < -0.4 is 10.6 Å². The van der Waals surface area contributed by atoms with Crippen LogP contribution in [0.4, 0.5) is 8.78 Å². The van der Waals surface area contributed by atoms with E-state index in [2.05, 4.69) is 25.8 Å². The normalized spacial score (nSPS) is 13.0. The van der Waals surface area contributed by atoms with Gasteiger partial charge in [0.15, 0.2) is 23.2 Å². The van der Waals surface area contributed by atoms with Crippen LogP contribution in [0, 0.1) is 11.6 Å². The van der Waals surface area contributed by atoms with E-state index in [0.717, 1.165) is 30.4 Å². The second-order valence-corrected chi connectivity index (χ2v) is 6.19. The van der Waals surface area contributed by atoms with Crippen LogP contribution in [0.3, 0.4) is 0 Å². The molecule has 6 nitrogen and oxygen atoms in total. The maximum absolute atomic E-state index is 13.4. The van der Waals surface area contributed by atoms with E-state index < -0.39 is 11.6 Å². The van der Waals surface area contributed by atoms with Gasteiger partial charge in [-0.1, -0.05) is 12.1 Å². The Hall–Kier alpha value is -3.03. The Bertz CT molecular complexity index is 937. The highest BCUT2D eigenvalue weighted by Crippen LogP contribution is 2.15. The van der Waals surface area contributed by atoms with E-state index in [9.17, 15) is 8.78 Å². The molecule has 0 fully saturated rings. The minimum absolute atomic E-state index is 0.216. The summed E-state index contributed by atoms with van der Waals surface area (Å²) < 4.78 is 28.4. The van der Waals surface area contributed by atoms with Gasteiger partial charge in [-0.3, -0.25) is 9.39 Å². The van der Waals surface area contributed by atoms with Crippen LogP contribution in [0.25, 0.3) is 5.65 Å². The van der Waals surface area contributed by atoms with Gasteiger partial charge in [0.2, 0.25) is 0 Å². The molecule has 27 heavy (non-hydrogen) atoms. The predicted molar refractivity (Wildman–Crippen MR) is 101 cm³/mol. The molecular formula is C19H22F2N6. The average Bonchev–Trinajstić information content (AvgIpc) is 3.09. The largest absolute Gasteiger partial charge is 0.356 e. The first-order chi connectivity index (χ1) is 13.1. The number of pyridine rings is 1.